The van der Waals surface area contributed by atoms with Gasteiger partial charge in [-0.05, 0) is 25.7 Å². The monoisotopic (exact) mass is 294 g/mol. The van der Waals surface area contributed by atoms with Gasteiger partial charge in [0.05, 0.1) is 17.1 Å². The van der Waals surface area contributed by atoms with Crippen molar-refractivity contribution < 1.29 is 4.92 Å². The Labute approximate surface area is 126 Å². The predicted molar refractivity (Wildman–Crippen MR) is 86.9 cm³/mol. The van der Waals surface area contributed by atoms with Crippen molar-refractivity contribution in [3.05, 3.63) is 22.2 Å². The van der Waals surface area contributed by atoms with E-state index in [2.05, 4.69) is 36.4 Å². The Kier molecular flexibility index (Phi) is 6.39. The van der Waals surface area contributed by atoms with Gasteiger partial charge >= 0.3 is 0 Å². The lowest BCUT2D eigenvalue weighted by atomic mass is 9.90. The van der Waals surface area contributed by atoms with E-state index in [-0.39, 0.29) is 16.1 Å². The van der Waals surface area contributed by atoms with Gasteiger partial charge < -0.3 is 10.6 Å². The van der Waals surface area contributed by atoms with Crippen molar-refractivity contribution in [2.75, 3.05) is 17.2 Å². The molecule has 1 aromatic heterocycles. The Bertz CT molecular complexity index is 464. The van der Waals surface area contributed by atoms with Crippen molar-refractivity contribution in [1.29, 1.82) is 0 Å². The van der Waals surface area contributed by atoms with Crippen molar-refractivity contribution in [3.63, 3.8) is 0 Å². The lowest BCUT2D eigenvalue weighted by molar-refractivity contribution is -0.384. The molecule has 0 unspecified atom stereocenters. The molecule has 6 heteroatoms. The highest BCUT2D eigenvalue weighted by Gasteiger charge is 2.25. The van der Waals surface area contributed by atoms with Crippen LogP contribution in [-0.2, 0) is 0 Å². The summed E-state index contributed by atoms with van der Waals surface area (Å²) in [5.41, 5.74) is -0.00661. The van der Waals surface area contributed by atoms with E-state index >= 15 is 0 Å². The van der Waals surface area contributed by atoms with Gasteiger partial charge in [0, 0.05) is 12.1 Å². The first kappa shape index (κ1) is 17.2. The summed E-state index contributed by atoms with van der Waals surface area (Å²) in [4.78, 5) is 15.2. The van der Waals surface area contributed by atoms with E-state index in [9.17, 15) is 10.1 Å². The van der Waals surface area contributed by atoms with E-state index in [1.165, 1.54) is 12.1 Å². The SMILES string of the molecule is CCCNc1cc([N+](=O)[O-])cc(NC(CC)(CC)CC)n1. The number of hydrogen-bond acceptors (Lipinski definition) is 5. The van der Waals surface area contributed by atoms with Crippen LogP contribution < -0.4 is 10.6 Å². The lowest BCUT2D eigenvalue weighted by Gasteiger charge is -2.32. The van der Waals surface area contributed by atoms with Crippen LogP contribution in [0.1, 0.15) is 53.4 Å². The van der Waals surface area contributed by atoms with Crippen LogP contribution in [0.2, 0.25) is 0 Å². The summed E-state index contributed by atoms with van der Waals surface area (Å²) in [7, 11) is 0. The van der Waals surface area contributed by atoms with Crippen LogP contribution in [0.15, 0.2) is 12.1 Å². The Morgan fingerprint density at radius 2 is 1.71 bits per heavy atom. The zero-order valence-corrected chi connectivity index (χ0v) is 13.4. The van der Waals surface area contributed by atoms with Crippen LogP contribution in [0, 0.1) is 10.1 Å². The molecule has 6 nitrogen and oxygen atoms in total. The van der Waals surface area contributed by atoms with Crippen molar-refractivity contribution in [3.8, 4) is 0 Å². The average Bonchev–Trinajstić information content (AvgIpc) is 2.50. The molecular weight excluding hydrogens is 268 g/mol. The molecule has 0 fully saturated rings. The van der Waals surface area contributed by atoms with Crippen LogP contribution in [0.4, 0.5) is 17.3 Å². The maximum atomic E-state index is 11.1. The summed E-state index contributed by atoms with van der Waals surface area (Å²) in [6.45, 7) is 9.14. The average molecular weight is 294 g/mol. The minimum absolute atomic E-state index is 0.0586. The van der Waals surface area contributed by atoms with Gasteiger partial charge in [0.25, 0.3) is 5.69 Å². The molecule has 0 amide bonds. The van der Waals surface area contributed by atoms with Crippen molar-refractivity contribution >= 4 is 17.3 Å². The molecule has 1 aromatic rings. The molecule has 0 aliphatic carbocycles. The first-order chi connectivity index (χ1) is 10.00. The van der Waals surface area contributed by atoms with Gasteiger partial charge in [0.1, 0.15) is 11.6 Å². The molecule has 1 rings (SSSR count). The van der Waals surface area contributed by atoms with E-state index in [1.807, 2.05) is 6.92 Å². The standard InChI is InChI=1S/C15H26N4O2/c1-5-9-16-13-10-12(19(20)21)11-14(17-13)18-15(6-2,7-3)8-4/h10-11H,5-9H2,1-4H3,(H2,16,17,18). The fourth-order valence-electron chi connectivity index (χ4n) is 2.32. The molecule has 2 N–H and O–H groups in total. The first-order valence-electron chi connectivity index (χ1n) is 7.68. The van der Waals surface area contributed by atoms with Crippen LogP contribution in [0.3, 0.4) is 0 Å². The Morgan fingerprint density at radius 3 is 2.19 bits per heavy atom. The van der Waals surface area contributed by atoms with Gasteiger partial charge in [0.15, 0.2) is 0 Å². The van der Waals surface area contributed by atoms with Gasteiger partial charge in [-0.2, -0.15) is 0 Å². The molecule has 0 saturated carbocycles. The molecule has 118 valence electrons. The Hall–Kier alpha value is -1.85. The fraction of sp³-hybridized carbons (Fsp3) is 0.667. The van der Waals surface area contributed by atoms with Crippen LogP contribution in [0.5, 0.6) is 0 Å². The summed E-state index contributed by atoms with van der Waals surface area (Å²) in [6, 6.07) is 2.99. The molecule has 0 atom stereocenters. The molecule has 0 aromatic carbocycles. The van der Waals surface area contributed by atoms with Crippen LogP contribution in [0.25, 0.3) is 0 Å². The van der Waals surface area contributed by atoms with Gasteiger partial charge in [-0.15, -0.1) is 0 Å². The number of nitro groups is 1. The third-order valence-corrected chi connectivity index (χ3v) is 4.00. The second-order valence-electron chi connectivity index (χ2n) is 5.25. The van der Waals surface area contributed by atoms with Gasteiger partial charge in [-0.1, -0.05) is 27.7 Å². The van der Waals surface area contributed by atoms with Crippen molar-refractivity contribution in [1.82, 2.24) is 4.98 Å². The number of aromatic nitrogens is 1. The number of rotatable bonds is 9. The molecule has 0 bridgehead atoms. The summed E-state index contributed by atoms with van der Waals surface area (Å²) < 4.78 is 0. The minimum Gasteiger partial charge on any atom is -0.370 e. The Morgan fingerprint density at radius 1 is 1.14 bits per heavy atom. The topological polar surface area (TPSA) is 80.1 Å². The first-order valence-corrected chi connectivity index (χ1v) is 7.68. The Balaban J connectivity index is 3.09. The van der Waals surface area contributed by atoms with Crippen molar-refractivity contribution in [2.24, 2.45) is 0 Å². The van der Waals surface area contributed by atoms with Gasteiger partial charge in [0.2, 0.25) is 0 Å². The lowest BCUT2D eigenvalue weighted by Crippen LogP contribution is -2.36. The highest BCUT2D eigenvalue weighted by molar-refractivity contribution is 5.55. The van der Waals surface area contributed by atoms with Gasteiger partial charge in [-0.3, -0.25) is 10.1 Å². The van der Waals surface area contributed by atoms with Crippen molar-refractivity contribution in [2.45, 2.75) is 58.9 Å². The number of nitrogens with zero attached hydrogens (tertiary/aromatic N) is 2. The third-order valence-electron chi connectivity index (χ3n) is 4.00. The maximum Gasteiger partial charge on any atom is 0.276 e. The summed E-state index contributed by atoms with van der Waals surface area (Å²) in [6.07, 6.45) is 3.78. The van der Waals surface area contributed by atoms with E-state index in [0.29, 0.717) is 11.6 Å². The number of pyridine rings is 1. The quantitative estimate of drug-likeness (QED) is 0.527. The number of anilines is 2. The molecule has 0 saturated heterocycles. The van der Waals surface area contributed by atoms with E-state index < -0.39 is 0 Å². The zero-order valence-electron chi connectivity index (χ0n) is 13.4. The van der Waals surface area contributed by atoms with E-state index in [1.54, 1.807) is 0 Å². The largest absolute Gasteiger partial charge is 0.370 e. The predicted octanol–water partition coefficient (Wildman–Crippen LogP) is 4.19. The second-order valence-corrected chi connectivity index (χ2v) is 5.25. The van der Waals surface area contributed by atoms with Gasteiger partial charge in [-0.25, -0.2) is 4.98 Å². The molecule has 0 aliphatic rings. The molecule has 1 heterocycles. The zero-order chi connectivity index (χ0) is 15.9. The minimum atomic E-state index is -0.379. The highest BCUT2D eigenvalue weighted by atomic mass is 16.6. The second kappa shape index (κ2) is 7.81. The fourth-order valence-corrected chi connectivity index (χ4v) is 2.32. The third kappa shape index (κ3) is 4.58. The molecule has 0 radical (unpaired) electrons. The normalized spacial score (nSPS) is 11.2. The maximum absolute atomic E-state index is 11.1. The highest BCUT2D eigenvalue weighted by Crippen LogP contribution is 2.28. The summed E-state index contributed by atoms with van der Waals surface area (Å²) >= 11 is 0. The summed E-state index contributed by atoms with van der Waals surface area (Å²) in [5.74, 6) is 1.11. The molecule has 21 heavy (non-hydrogen) atoms. The smallest absolute Gasteiger partial charge is 0.276 e. The number of hydrogen-bond donors (Lipinski definition) is 2. The summed E-state index contributed by atoms with van der Waals surface area (Å²) in [5, 5.41) is 17.6. The van der Waals surface area contributed by atoms with E-state index in [0.717, 1.165) is 32.2 Å². The molecule has 0 aliphatic heterocycles. The molecular formula is C15H26N4O2. The van der Waals surface area contributed by atoms with E-state index in [4.69, 9.17) is 0 Å². The molecule has 0 spiro atoms. The number of nitrogens with one attached hydrogen (secondary N) is 2. The van der Waals surface area contributed by atoms with Crippen LogP contribution in [-0.4, -0.2) is 22.0 Å². The van der Waals surface area contributed by atoms with Crippen LogP contribution >= 0.6 is 0 Å².